The number of amides is 1. The van der Waals surface area contributed by atoms with E-state index in [-0.39, 0.29) is 37.0 Å². The van der Waals surface area contributed by atoms with E-state index in [9.17, 15) is 14.0 Å². The highest BCUT2D eigenvalue weighted by Crippen LogP contribution is 2.30. The second-order valence-corrected chi connectivity index (χ2v) is 7.56. The van der Waals surface area contributed by atoms with Crippen LogP contribution in [0.3, 0.4) is 0 Å². The SMILES string of the molecule is O=C(NCCn1ncc2c(=O)n(Cc3ccc(F)cc3)cnc21)C1COc2ccccc2O1. The van der Waals surface area contributed by atoms with Crippen molar-refractivity contribution in [3.05, 3.63) is 82.8 Å². The van der Waals surface area contributed by atoms with Crippen molar-refractivity contribution in [3.63, 3.8) is 0 Å². The lowest BCUT2D eigenvalue weighted by Crippen LogP contribution is -2.44. The summed E-state index contributed by atoms with van der Waals surface area (Å²) in [6, 6.07) is 13.1. The zero-order chi connectivity index (χ0) is 22.8. The number of nitrogens with zero attached hydrogens (tertiary/aromatic N) is 4. The fraction of sp³-hybridized carbons (Fsp3) is 0.217. The second-order valence-electron chi connectivity index (χ2n) is 7.56. The van der Waals surface area contributed by atoms with E-state index < -0.39 is 6.10 Å². The van der Waals surface area contributed by atoms with Gasteiger partial charge in [0.15, 0.2) is 17.1 Å². The second kappa shape index (κ2) is 8.73. The molecule has 2 aromatic carbocycles. The molecule has 1 unspecified atom stereocenters. The molecular formula is C23H20FN5O4. The van der Waals surface area contributed by atoms with Crippen molar-refractivity contribution in [1.82, 2.24) is 24.6 Å². The van der Waals surface area contributed by atoms with E-state index >= 15 is 0 Å². The molecule has 1 N–H and O–H groups in total. The average molecular weight is 449 g/mol. The first-order valence-corrected chi connectivity index (χ1v) is 10.4. The van der Waals surface area contributed by atoms with Crippen LogP contribution in [-0.2, 0) is 17.9 Å². The minimum atomic E-state index is -0.744. The van der Waals surface area contributed by atoms with Crippen LogP contribution in [0.2, 0.25) is 0 Å². The summed E-state index contributed by atoms with van der Waals surface area (Å²) in [5, 5.41) is 7.41. The van der Waals surface area contributed by atoms with Gasteiger partial charge in [0, 0.05) is 6.54 Å². The molecule has 0 bridgehead atoms. The van der Waals surface area contributed by atoms with Crippen LogP contribution in [0.1, 0.15) is 5.56 Å². The Bertz CT molecular complexity index is 1370. The van der Waals surface area contributed by atoms with Crippen LogP contribution in [0.15, 0.2) is 65.8 Å². The molecule has 1 aliphatic heterocycles. The van der Waals surface area contributed by atoms with Crippen LogP contribution < -0.4 is 20.3 Å². The molecule has 10 heteroatoms. The largest absolute Gasteiger partial charge is 0.485 e. The van der Waals surface area contributed by atoms with Gasteiger partial charge in [0.25, 0.3) is 11.5 Å². The highest BCUT2D eigenvalue weighted by Gasteiger charge is 2.27. The van der Waals surface area contributed by atoms with Crippen molar-refractivity contribution >= 4 is 16.9 Å². The summed E-state index contributed by atoms with van der Waals surface area (Å²) in [7, 11) is 0. The smallest absolute Gasteiger partial charge is 0.264 e. The number of fused-ring (bicyclic) bond motifs is 2. The molecule has 5 rings (SSSR count). The molecule has 33 heavy (non-hydrogen) atoms. The number of halogens is 1. The minimum absolute atomic E-state index is 0.128. The number of ether oxygens (including phenoxy) is 2. The number of hydrogen-bond acceptors (Lipinski definition) is 6. The Morgan fingerprint density at radius 3 is 2.76 bits per heavy atom. The van der Waals surface area contributed by atoms with Crippen LogP contribution in [0.25, 0.3) is 11.0 Å². The van der Waals surface area contributed by atoms with E-state index in [1.165, 1.54) is 29.2 Å². The van der Waals surface area contributed by atoms with E-state index in [1.807, 2.05) is 12.1 Å². The van der Waals surface area contributed by atoms with E-state index in [2.05, 4.69) is 15.4 Å². The third-order valence-electron chi connectivity index (χ3n) is 5.31. The first kappa shape index (κ1) is 20.7. The van der Waals surface area contributed by atoms with Gasteiger partial charge in [-0.05, 0) is 29.8 Å². The van der Waals surface area contributed by atoms with Gasteiger partial charge in [0.05, 0.1) is 19.3 Å². The van der Waals surface area contributed by atoms with Gasteiger partial charge >= 0.3 is 0 Å². The van der Waals surface area contributed by atoms with Gasteiger partial charge in [0.1, 0.15) is 24.1 Å². The molecule has 0 aliphatic carbocycles. The molecule has 9 nitrogen and oxygen atoms in total. The number of rotatable bonds is 6. The summed E-state index contributed by atoms with van der Waals surface area (Å²) in [5.41, 5.74) is 0.966. The number of carbonyl (C=O) groups excluding carboxylic acids is 1. The lowest BCUT2D eigenvalue weighted by molar-refractivity contribution is -0.130. The molecule has 0 spiro atoms. The van der Waals surface area contributed by atoms with Crippen molar-refractivity contribution in [2.45, 2.75) is 19.2 Å². The van der Waals surface area contributed by atoms with Crippen LogP contribution >= 0.6 is 0 Å². The van der Waals surface area contributed by atoms with Crippen LogP contribution in [-0.4, -0.2) is 44.5 Å². The number of nitrogens with one attached hydrogen (secondary N) is 1. The highest BCUT2D eigenvalue weighted by atomic mass is 19.1. The normalized spacial score (nSPS) is 14.9. The quantitative estimate of drug-likeness (QED) is 0.481. The summed E-state index contributed by atoms with van der Waals surface area (Å²) in [6.45, 7) is 1.00. The molecule has 0 saturated heterocycles. The standard InChI is InChI=1S/C23H20FN5O4/c24-16-7-5-15(6-8-16)12-28-14-26-21-17(23(28)31)11-27-29(21)10-9-25-22(30)20-13-32-18-3-1-2-4-19(18)33-20/h1-8,11,14,20H,9-10,12-13H2,(H,25,30). The number of hydrogen-bond donors (Lipinski definition) is 1. The van der Waals surface area contributed by atoms with Crippen molar-refractivity contribution < 1.29 is 18.7 Å². The summed E-state index contributed by atoms with van der Waals surface area (Å²) in [6.07, 6.45) is 2.16. The maximum Gasteiger partial charge on any atom is 0.264 e. The van der Waals surface area contributed by atoms with Crippen molar-refractivity contribution in [2.24, 2.45) is 0 Å². The number of carbonyl (C=O) groups is 1. The van der Waals surface area contributed by atoms with E-state index in [0.29, 0.717) is 29.1 Å². The molecule has 0 radical (unpaired) electrons. The summed E-state index contributed by atoms with van der Waals surface area (Å²) >= 11 is 0. The van der Waals surface area contributed by atoms with Gasteiger partial charge in [-0.25, -0.2) is 14.1 Å². The molecule has 1 atom stereocenters. The third kappa shape index (κ3) is 4.27. The Hall–Kier alpha value is -4.21. The molecule has 4 aromatic rings. The molecular weight excluding hydrogens is 429 g/mol. The van der Waals surface area contributed by atoms with E-state index in [4.69, 9.17) is 9.47 Å². The van der Waals surface area contributed by atoms with Gasteiger partial charge in [-0.3, -0.25) is 14.2 Å². The van der Waals surface area contributed by atoms with Crippen LogP contribution in [0.5, 0.6) is 11.5 Å². The van der Waals surface area contributed by atoms with Gasteiger partial charge in [-0.15, -0.1) is 0 Å². The van der Waals surface area contributed by atoms with Crippen molar-refractivity contribution in [3.8, 4) is 11.5 Å². The fourth-order valence-corrected chi connectivity index (χ4v) is 3.61. The number of para-hydroxylation sites is 2. The fourth-order valence-electron chi connectivity index (χ4n) is 3.61. The molecule has 1 aliphatic rings. The average Bonchev–Trinajstić information content (AvgIpc) is 3.25. The first-order valence-electron chi connectivity index (χ1n) is 10.4. The molecule has 0 saturated carbocycles. The van der Waals surface area contributed by atoms with Gasteiger partial charge in [-0.2, -0.15) is 5.10 Å². The molecule has 0 fully saturated rings. The van der Waals surface area contributed by atoms with Crippen LogP contribution in [0, 0.1) is 5.82 Å². The number of aromatic nitrogens is 4. The molecule has 2 aromatic heterocycles. The summed E-state index contributed by atoms with van der Waals surface area (Å²) < 4.78 is 27.4. The Morgan fingerprint density at radius 1 is 1.15 bits per heavy atom. The lowest BCUT2D eigenvalue weighted by atomic mass is 10.2. The third-order valence-corrected chi connectivity index (χ3v) is 5.31. The molecule has 1 amide bonds. The Morgan fingerprint density at radius 2 is 1.94 bits per heavy atom. The lowest BCUT2D eigenvalue weighted by Gasteiger charge is -2.25. The topological polar surface area (TPSA) is 100 Å². The zero-order valence-electron chi connectivity index (χ0n) is 17.5. The van der Waals surface area contributed by atoms with Crippen molar-refractivity contribution in [2.75, 3.05) is 13.2 Å². The Labute approximate surface area is 187 Å². The first-order chi connectivity index (χ1) is 16.1. The maximum atomic E-state index is 13.1. The van der Waals surface area contributed by atoms with Crippen molar-refractivity contribution in [1.29, 1.82) is 0 Å². The predicted octanol–water partition coefficient (Wildman–Crippen LogP) is 1.74. The minimum Gasteiger partial charge on any atom is -0.485 e. The Kier molecular flexibility index (Phi) is 5.47. The monoisotopic (exact) mass is 449 g/mol. The summed E-state index contributed by atoms with van der Waals surface area (Å²) in [5.74, 6) is 0.514. The molecule has 3 heterocycles. The van der Waals surface area contributed by atoms with Gasteiger partial charge in [-0.1, -0.05) is 24.3 Å². The summed E-state index contributed by atoms with van der Waals surface area (Å²) in [4.78, 5) is 29.6. The van der Waals surface area contributed by atoms with E-state index in [0.717, 1.165) is 5.56 Å². The van der Waals surface area contributed by atoms with E-state index in [1.54, 1.807) is 28.9 Å². The predicted molar refractivity (Wildman–Crippen MR) is 117 cm³/mol. The molecule has 168 valence electrons. The zero-order valence-corrected chi connectivity index (χ0v) is 17.5. The number of benzene rings is 2. The highest BCUT2D eigenvalue weighted by molar-refractivity contribution is 5.81. The van der Waals surface area contributed by atoms with Crippen LogP contribution in [0.4, 0.5) is 4.39 Å². The van der Waals surface area contributed by atoms with Gasteiger partial charge in [0.2, 0.25) is 6.10 Å². The van der Waals surface area contributed by atoms with Gasteiger partial charge < -0.3 is 14.8 Å². The Balaban J connectivity index is 1.22. The maximum absolute atomic E-state index is 13.1.